The van der Waals surface area contributed by atoms with Crippen molar-refractivity contribution in [3.63, 3.8) is 0 Å². The topological polar surface area (TPSA) is 87.0 Å². The van der Waals surface area contributed by atoms with E-state index in [9.17, 15) is 20.1 Å². The minimum Gasteiger partial charge on any atom is -0.461 e. The summed E-state index contributed by atoms with van der Waals surface area (Å²) in [6.45, 7) is 15.7. The van der Waals surface area contributed by atoms with Crippen LogP contribution in [0.1, 0.15) is 93.4 Å². The molecule has 5 aliphatic carbocycles. The summed E-state index contributed by atoms with van der Waals surface area (Å²) in [6, 6.07) is 0. The van der Waals surface area contributed by atoms with Crippen LogP contribution in [0.15, 0.2) is 11.6 Å². The highest BCUT2D eigenvalue weighted by molar-refractivity contribution is 5.82. The third-order valence-electron chi connectivity index (χ3n) is 13.3. The molecule has 0 aromatic carbocycles. The SMILES string of the molecule is CC1(C)C[C@H]2C3=CC[C@@H]4[C@@]5(C)CC[C@H](O)C(C)(C)[C@@H]5[C@H](O)C[C@@]4(C)[C@]3(C)C[C@@H](O)[C@@]23C[C@@H]1OC3=O. The van der Waals surface area contributed by atoms with Gasteiger partial charge in [0.2, 0.25) is 0 Å². The zero-order valence-electron chi connectivity index (χ0n) is 22.7. The van der Waals surface area contributed by atoms with Crippen LogP contribution in [0.5, 0.6) is 0 Å². The maximum Gasteiger partial charge on any atom is 0.315 e. The second-order valence-corrected chi connectivity index (χ2v) is 15.4. The highest BCUT2D eigenvalue weighted by atomic mass is 16.6. The van der Waals surface area contributed by atoms with E-state index in [2.05, 4.69) is 54.5 Å². The predicted octanol–water partition coefficient (Wildman–Crippen LogP) is 4.63. The lowest BCUT2D eigenvalue weighted by atomic mass is 9.33. The van der Waals surface area contributed by atoms with Crippen molar-refractivity contribution in [1.29, 1.82) is 0 Å². The molecule has 5 heteroatoms. The molecule has 0 radical (unpaired) electrons. The summed E-state index contributed by atoms with van der Waals surface area (Å²) in [6.07, 6.45) is 6.01. The molecule has 3 N–H and O–H groups in total. The van der Waals surface area contributed by atoms with Gasteiger partial charge < -0.3 is 20.1 Å². The first-order valence-electron chi connectivity index (χ1n) is 14.0. The van der Waals surface area contributed by atoms with Crippen LogP contribution in [-0.4, -0.2) is 45.7 Å². The normalized spacial score (nSPS) is 57.7. The quantitative estimate of drug-likeness (QED) is 0.343. The predicted molar refractivity (Wildman–Crippen MR) is 133 cm³/mol. The minimum absolute atomic E-state index is 0.0115. The molecule has 4 saturated carbocycles. The Hall–Kier alpha value is -0.910. The van der Waals surface area contributed by atoms with E-state index in [0.717, 1.165) is 25.7 Å². The first-order valence-corrected chi connectivity index (χ1v) is 14.0. The zero-order valence-corrected chi connectivity index (χ0v) is 22.7. The fourth-order valence-corrected chi connectivity index (χ4v) is 11.3. The Labute approximate surface area is 210 Å². The van der Waals surface area contributed by atoms with Gasteiger partial charge in [-0.1, -0.05) is 60.1 Å². The molecule has 6 rings (SSSR count). The second-order valence-electron chi connectivity index (χ2n) is 15.4. The number of rotatable bonds is 0. The average molecular weight is 487 g/mol. The minimum atomic E-state index is -0.814. The van der Waals surface area contributed by atoms with Gasteiger partial charge in [0, 0.05) is 11.8 Å². The standard InChI is InChI=1S/C30H46O5/c1-25(2)12-17-16-8-9-19-27(5)11-10-20(32)26(3,4)23(27)18(31)13-29(19,7)28(16,6)14-21(33)30(17)15-22(25)35-24(30)34/h8,17-23,31-33H,9-15H2,1-7H3/t17-,18+,19+,20-,21+,22-,23-,27+,28+,29+,30+/m0/s1. The molecular formula is C30H46O5. The lowest BCUT2D eigenvalue weighted by molar-refractivity contribution is -0.246. The number of allylic oxidation sites excluding steroid dienone is 2. The number of carbonyl (C=O) groups is 1. The molecular weight excluding hydrogens is 440 g/mol. The molecule has 0 aromatic heterocycles. The van der Waals surface area contributed by atoms with Gasteiger partial charge in [0.15, 0.2) is 0 Å². The third-order valence-corrected chi connectivity index (χ3v) is 13.3. The highest BCUT2D eigenvalue weighted by Gasteiger charge is 2.75. The van der Waals surface area contributed by atoms with E-state index in [1.54, 1.807) is 0 Å². The van der Waals surface area contributed by atoms with Crippen molar-refractivity contribution >= 4 is 5.97 Å². The number of ether oxygens (including phenoxy) is 1. The molecule has 1 aliphatic heterocycles. The van der Waals surface area contributed by atoms with Crippen molar-refractivity contribution in [3.05, 3.63) is 11.6 Å². The number of aliphatic hydroxyl groups is 3. The fourth-order valence-electron chi connectivity index (χ4n) is 11.3. The summed E-state index contributed by atoms with van der Waals surface area (Å²) < 4.78 is 5.92. The maximum absolute atomic E-state index is 13.4. The Bertz CT molecular complexity index is 999. The molecule has 0 aromatic rings. The second kappa shape index (κ2) is 6.74. The number of hydrogen-bond donors (Lipinski definition) is 3. The molecule has 1 heterocycles. The average Bonchev–Trinajstić information content (AvgIpc) is 3.05. The van der Waals surface area contributed by atoms with Crippen molar-refractivity contribution in [1.82, 2.24) is 0 Å². The van der Waals surface area contributed by atoms with E-state index in [0.29, 0.717) is 25.2 Å². The van der Waals surface area contributed by atoms with E-state index in [1.165, 1.54) is 5.57 Å². The fraction of sp³-hybridized carbons (Fsp3) is 0.900. The van der Waals surface area contributed by atoms with Crippen LogP contribution in [0.25, 0.3) is 0 Å². The molecule has 1 saturated heterocycles. The van der Waals surface area contributed by atoms with Gasteiger partial charge in [-0.2, -0.15) is 0 Å². The summed E-state index contributed by atoms with van der Waals surface area (Å²) >= 11 is 0. The van der Waals surface area contributed by atoms with Crippen LogP contribution in [0.2, 0.25) is 0 Å². The first-order chi connectivity index (χ1) is 16.1. The molecule has 35 heavy (non-hydrogen) atoms. The van der Waals surface area contributed by atoms with Crippen LogP contribution >= 0.6 is 0 Å². The van der Waals surface area contributed by atoms with Gasteiger partial charge in [0.1, 0.15) is 11.5 Å². The summed E-state index contributed by atoms with van der Waals surface area (Å²) in [5.41, 5.74) is -0.530. The van der Waals surface area contributed by atoms with Gasteiger partial charge in [0.05, 0.1) is 18.3 Å². The molecule has 5 nitrogen and oxygen atoms in total. The third kappa shape index (κ3) is 2.59. The van der Waals surface area contributed by atoms with Crippen molar-refractivity contribution in [2.45, 2.75) is 118 Å². The number of aliphatic hydroxyl groups excluding tert-OH is 3. The molecule has 2 bridgehead atoms. The molecule has 1 spiro atoms. The van der Waals surface area contributed by atoms with Crippen molar-refractivity contribution in [3.8, 4) is 0 Å². The smallest absolute Gasteiger partial charge is 0.315 e. The van der Waals surface area contributed by atoms with Crippen LogP contribution in [0, 0.1) is 50.2 Å². The Morgan fingerprint density at radius 3 is 2.29 bits per heavy atom. The lowest BCUT2D eigenvalue weighted by Gasteiger charge is -2.72. The molecule has 0 amide bonds. The highest BCUT2D eigenvalue weighted by Crippen LogP contribution is 2.76. The largest absolute Gasteiger partial charge is 0.461 e. The van der Waals surface area contributed by atoms with E-state index in [-0.39, 0.29) is 51.0 Å². The molecule has 0 unspecified atom stereocenters. The Morgan fingerprint density at radius 2 is 1.60 bits per heavy atom. The van der Waals surface area contributed by atoms with Gasteiger partial charge in [-0.3, -0.25) is 4.79 Å². The number of fused-ring (bicyclic) bond motifs is 7. The lowest BCUT2D eigenvalue weighted by Crippen LogP contribution is -2.69. The number of carbonyl (C=O) groups excluding carboxylic acids is 1. The van der Waals surface area contributed by atoms with Crippen molar-refractivity contribution < 1.29 is 24.9 Å². The Morgan fingerprint density at radius 1 is 0.914 bits per heavy atom. The van der Waals surface area contributed by atoms with Gasteiger partial charge in [-0.15, -0.1) is 0 Å². The summed E-state index contributed by atoms with van der Waals surface area (Å²) in [7, 11) is 0. The van der Waals surface area contributed by atoms with Crippen LogP contribution in [-0.2, 0) is 9.53 Å². The summed E-state index contributed by atoms with van der Waals surface area (Å²) in [5.74, 6) is 0.182. The maximum atomic E-state index is 13.4. The van der Waals surface area contributed by atoms with E-state index in [4.69, 9.17) is 4.74 Å². The van der Waals surface area contributed by atoms with Gasteiger partial charge in [0.25, 0.3) is 0 Å². The van der Waals surface area contributed by atoms with Crippen LogP contribution in [0.3, 0.4) is 0 Å². The van der Waals surface area contributed by atoms with E-state index >= 15 is 0 Å². The molecule has 6 aliphatic rings. The molecule has 196 valence electrons. The Kier molecular flexibility index (Phi) is 4.71. The van der Waals surface area contributed by atoms with E-state index in [1.807, 2.05) is 0 Å². The van der Waals surface area contributed by atoms with Crippen LogP contribution < -0.4 is 0 Å². The Balaban J connectivity index is 1.49. The first kappa shape index (κ1) is 24.4. The van der Waals surface area contributed by atoms with Crippen LogP contribution in [0.4, 0.5) is 0 Å². The molecule has 11 atom stereocenters. The van der Waals surface area contributed by atoms with Gasteiger partial charge >= 0.3 is 5.97 Å². The van der Waals surface area contributed by atoms with Crippen molar-refractivity contribution in [2.24, 2.45) is 50.2 Å². The zero-order chi connectivity index (χ0) is 25.6. The molecule has 5 fully saturated rings. The van der Waals surface area contributed by atoms with Gasteiger partial charge in [-0.05, 0) is 77.9 Å². The summed E-state index contributed by atoms with van der Waals surface area (Å²) in [4.78, 5) is 13.4. The number of hydrogen-bond acceptors (Lipinski definition) is 5. The van der Waals surface area contributed by atoms with Gasteiger partial charge in [-0.25, -0.2) is 0 Å². The monoisotopic (exact) mass is 486 g/mol. The summed E-state index contributed by atoms with van der Waals surface area (Å²) in [5, 5.41) is 34.5. The van der Waals surface area contributed by atoms with E-state index < -0.39 is 23.7 Å². The van der Waals surface area contributed by atoms with Crippen molar-refractivity contribution in [2.75, 3.05) is 0 Å². The number of esters is 1.